The number of amides is 2. The van der Waals surface area contributed by atoms with Crippen molar-refractivity contribution < 1.29 is 19.1 Å². The van der Waals surface area contributed by atoms with E-state index in [0.717, 1.165) is 0 Å². The van der Waals surface area contributed by atoms with Crippen LogP contribution in [0.5, 0.6) is 0 Å². The summed E-state index contributed by atoms with van der Waals surface area (Å²) in [6, 6.07) is 8.39. The van der Waals surface area contributed by atoms with E-state index in [1.807, 2.05) is 0 Å². The first-order chi connectivity index (χ1) is 10.1. The van der Waals surface area contributed by atoms with E-state index in [1.54, 1.807) is 49.4 Å². The maximum Gasteiger partial charge on any atom is 0.331 e. The fourth-order valence-corrected chi connectivity index (χ4v) is 1.25. The van der Waals surface area contributed by atoms with Crippen molar-refractivity contribution in [2.24, 2.45) is 0 Å². The van der Waals surface area contributed by atoms with Crippen LogP contribution in [0.2, 0.25) is 0 Å². The van der Waals surface area contributed by atoms with Gasteiger partial charge in [-0.05, 0) is 19.1 Å². The molecule has 1 aromatic carbocycles. The van der Waals surface area contributed by atoms with Crippen molar-refractivity contribution in [1.29, 1.82) is 0 Å². The molecule has 0 unspecified atom stereocenters. The molecular weight excluding hydrogens is 272 g/mol. The Morgan fingerprint density at radius 2 is 1.81 bits per heavy atom. The summed E-state index contributed by atoms with van der Waals surface area (Å²) in [5, 5.41) is 0. The fourth-order valence-electron chi connectivity index (χ4n) is 1.25. The highest BCUT2D eigenvalue weighted by molar-refractivity contribution is 5.95. The van der Waals surface area contributed by atoms with Crippen molar-refractivity contribution >= 4 is 17.8 Å². The number of ether oxygens (including phenoxy) is 1. The maximum atomic E-state index is 11.6. The summed E-state index contributed by atoms with van der Waals surface area (Å²) in [6.45, 7) is 1.33. The highest BCUT2D eigenvalue weighted by Gasteiger charge is 2.08. The average molecular weight is 288 g/mol. The number of carbonyl (C=O) groups excluding carboxylic acids is 3. The lowest BCUT2D eigenvalue weighted by atomic mass is 10.2. The molecule has 0 atom stereocenters. The van der Waals surface area contributed by atoms with Gasteiger partial charge < -0.3 is 4.74 Å². The molecule has 0 aromatic heterocycles. The average Bonchev–Trinajstić information content (AvgIpc) is 2.51. The molecule has 1 rings (SSSR count). The molecule has 0 heterocycles. The molecule has 0 saturated heterocycles. The van der Waals surface area contributed by atoms with Crippen molar-refractivity contribution in [1.82, 2.24) is 10.9 Å². The highest BCUT2D eigenvalue weighted by atomic mass is 16.5. The van der Waals surface area contributed by atoms with Gasteiger partial charge in [-0.1, -0.05) is 36.4 Å². The van der Waals surface area contributed by atoms with Crippen LogP contribution in [0.15, 0.2) is 54.6 Å². The van der Waals surface area contributed by atoms with Crippen LogP contribution in [0.3, 0.4) is 0 Å². The van der Waals surface area contributed by atoms with Crippen LogP contribution in [-0.4, -0.2) is 24.4 Å². The first-order valence-electron chi connectivity index (χ1n) is 6.24. The van der Waals surface area contributed by atoms with Crippen LogP contribution in [0.25, 0.3) is 0 Å². The predicted molar refractivity (Wildman–Crippen MR) is 77.0 cm³/mol. The van der Waals surface area contributed by atoms with Gasteiger partial charge >= 0.3 is 5.97 Å². The molecule has 0 spiro atoms. The number of benzene rings is 1. The molecule has 0 fully saturated rings. The first kappa shape index (κ1) is 16.2. The summed E-state index contributed by atoms with van der Waals surface area (Å²) in [4.78, 5) is 34.2. The minimum absolute atomic E-state index is 0.407. The van der Waals surface area contributed by atoms with E-state index >= 15 is 0 Å². The zero-order valence-electron chi connectivity index (χ0n) is 11.5. The lowest BCUT2D eigenvalue weighted by Crippen LogP contribution is -2.43. The third kappa shape index (κ3) is 6.72. The third-order valence-electron chi connectivity index (χ3n) is 2.23. The van der Waals surface area contributed by atoms with E-state index in [2.05, 4.69) is 15.6 Å². The van der Waals surface area contributed by atoms with Crippen molar-refractivity contribution in [3.8, 4) is 0 Å². The smallest absolute Gasteiger partial charge is 0.331 e. The van der Waals surface area contributed by atoms with Crippen LogP contribution < -0.4 is 10.9 Å². The molecule has 110 valence electrons. The van der Waals surface area contributed by atoms with Crippen molar-refractivity contribution in [3.63, 3.8) is 0 Å². The second kappa shape index (κ2) is 9.08. The molecular formula is C15H16N2O4. The van der Waals surface area contributed by atoms with Gasteiger partial charge in [-0.25, -0.2) is 4.79 Å². The second-order valence-corrected chi connectivity index (χ2v) is 3.86. The molecule has 2 N–H and O–H groups in total. The number of hydrogen-bond acceptors (Lipinski definition) is 4. The van der Waals surface area contributed by atoms with E-state index in [9.17, 15) is 14.4 Å². The summed E-state index contributed by atoms with van der Waals surface area (Å²) in [5.41, 5.74) is 4.77. The van der Waals surface area contributed by atoms with E-state index in [0.29, 0.717) is 5.56 Å². The molecule has 1 aromatic rings. The van der Waals surface area contributed by atoms with E-state index in [4.69, 9.17) is 0 Å². The minimum atomic E-state index is -0.641. The molecule has 0 aliphatic heterocycles. The van der Waals surface area contributed by atoms with Crippen LogP contribution >= 0.6 is 0 Å². The fraction of sp³-hybridized carbons (Fsp3) is 0.133. The monoisotopic (exact) mass is 288 g/mol. The highest BCUT2D eigenvalue weighted by Crippen LogP contribution is 1.96. The predicted octanol–water partition coefficient (Wildman–Crippen LogP) is 1.12. The Hall–Kier alpha value is -2.89. The Morgan fingerprint density at radius 1 is 1.10 bits per heavy atom. The van der Waals surface area contributed by atoms with Crippen molar-refractivity contribution in [3.05, 3.63) is 60.2 Å². The van der Waals surface area contributed by atoms with Crippen molar-refractivity contribution in [2.45, 2.75) is 6.92 Å². The van der Waals surface area contributed by atoms with Crippen molar-refractivity contribution in [2.75, 3.05) is 6.61 Å². The summed E-state index contributed by atoms with van der Waals surface area (Å²) in [7, 11) is 0. The van der Waals surface area contributed by atoms with Crippen LogP contribution in [-0.2, 0) is 14.3 Å². The van der Waals surface area contributed by atoms with Gasteiger partial charge in [-0.2, -0.15) is 0 Å². The molecule has 0 radical (unpaired) electrons. The first-order valence-corrected chi connectivity index (χ1v) is 6.24. The quantitative estimate of drug-likeness (QED) is 0.368. The molecule has 6 nitrogen and oxygen atoms in total. The maximum absolute atomic E-state index is 11.6. The van der Waals surface area contributed by atoms with Crippen LogP contribution in [0, 0.1) is 0 Å². The van der Waals surface area contributed by atoms with Gasteiger partial charge in [-0.15, -0.1) is 0 Å². The molecule has 2 amide bonds. The van der Waals surface area contributed by atoms with Gasteiger partial charge in [0.1, 0.15) is 0 Å². The van der Waals surface area contributed by atoms with Gasteiger partial charge in [0, 0.05) is 11.6 Å². The number of hydrogen-bond donors (Lipinski definition) is 2. The topological polar surface area (TPSA) is 84.5 Å². The standard InChI is InChI=1S/C15H16N2O4/c1-2-3-5-10-14(19)21-11-13(18)16-17-15(20)12-8-6-4-7-9-12/h2-10H,11H2,1H3,(H,16,18)(H,17,20)/b3-2+,10-5+. The van der Waals surface area contributed by atoms with Gasteiger partial charge in [0.05, 0.1) is 0 Å². The molecule has 0 saturated carbocycles. The number of esters is 1. The summed E-state index contributed by atoms with van der Waals surface area (Å²) >= 11 is 0. The number of rotatable bonds is 5. The third-order valence-corrected chi connectivity index (χ3v) is 2.23. The Morgan fingerprint density at radius 3 is 2.48 bits per heavy atom. The van der Waals surface area contributed by atoms with E-state index < -0.39 is 24.4 Å². The number of hydrazine groups is 1. The van der Waals surface area contributed by atoms with E-state index in [1.165, 1.54) is 12.2 Å². The normalized spacial score (nSPS) is 10.5. The SMILES string of the molecule is C/C=C/C=C/C(=O)OCC(=O)NNC(=O)c1ccccc1. The minimum Gasteiger partial charge on any atom is -0.452 e. The zero-order valence-corrected chi connectivity index (χ0v) is 11.5. The largest absolute Gasteiger partial charge is 0.452 e. The second-order valence-electron chi connectivity index (χ2n) is 3.86. The zero-order chi connectivity index (χ0) is 15.5. The summed E-state index contributed by atoms with van der Waals surface area (Å²) < 4.78 is 4.67. The lowest BCUT2D eigenvalue weighted by Gasteiger charge is -2.07. The number of allylic oxidation sites excluding steroid dienone is 3. The lowest BCUT2D eigenvalue weighted by molar-refractivity contribution is -0.144. The van der Waals surface area contributed by atoms with Gasteiger partial charge in [-0.3, -0.25) is 20.4 Å². The molecule has 0 aliphatic carbocycles. The molecule has 6 heteroatoms. The number of carbonyl (C=O) groups is 3. The molecule has 21 heavy (non-hydrogen) atoms. The van der Waals surface area contributed by atoms with Gasteiger partial charge in [0.25, 0.3) is 11.8 Å². The van der Waals surface area contributed by atoms with E-state index in [-0.39, 0.29) is 0 Å². The molecule has 0 aliphatic rings. The van der Waals surface area contributed by atoms with Gasteiger partial charge in [0.15, 0.2) is 6.61 Å². The Labute approximate surface area is 122 Å². The summed E-state index contributed by atoms with van der Waals surface area (Å²) in [6.07, 6.45) is 6.09. The molecule has 0 bridgehead atoms. The Bertz CT molecular complexity index is 550. The Balaban J connectivity index is 2.28. The van der Waals surface area contributed by atoms with Crippen LogP contribution in [0.4, 0.5) is 0 Å². The van der Waals surface area contributed by atoms with Gasteiger partial charge in [0.2, 0.25) is 0 Å². The summed E-state index contributed by atoms with van der Waals surface area (Å²) in [5.74, 6) is -1.73. The number of nitrogens with one attached hydrogen (secondary N) is 2. The van der Waals surface area contributed by atoms with Crippen LogP contribution in [0.1, 0.15) is 17.3 Å². The Kier molecular flexibility index (Phi) is 6.99.